The van der Waals surface area contributed by atoms with Crippen molar-refractivity contribution < 1.29 is 9.13 Å². The van der Waals surface area contributed by atoms with Gasteiger partial charge in [-0.2, -0.15) is 15.6 Å². The predicted molar refractivity (Wildman–Crippen MR) is 148 cm³/mol. The summed E-state index contributed by atoms with van der Waals surface area (Å²) < 4.78 is 22.2. The van der Waals surface area contributed by atoms with E-state index in [4.69, 9.17) is 14.8 Å². The molecule has 0 fully saturated rings. The van der Waals surface area contributed by atoms with Crippen LogP contribution in [-0.2, 0) is 6.54 Å². The third kappa shape index (κ3) is 4.99. The van der Waals surface area contributed by atoms with Gasteiger partial charge in [0.15, 0.2) is 17.4 Å². The van der Waals surface area contributed by atoms with Crippen LogP contribution < -0.4 is 10.1 Å². The van der Waals surface area contributed by atoms with Gasteiger partial charge < -0.3 is 10.1 Å². The zero-order valence-corrected chi connectivity index (χ0v) is 21.2. The van der Waals surface area contributed by atoms with E-state index in [1.54, 1.807) is 41.2 Å². The van der Waals surface area contributed by atoms with Crippen molar-refractivity contribution >= 4 is 22.4 Å². The van der Waals surface area contributed by atoms with Crippen LogP contribution in [0, 0.1) is 28.5 Å². The Morgan fingerprint density at radius 3 is 2.44 bits per heavy atom. The number of hydrogen-bond donors (Lipinski definition) is 1. The molecule has 0 aliphatic rings. The molecular weight excluding hydrogens is 521 g/mol. The molecule has 0 atom stereocenters. The van der Waals surface area contributed by atoms with E-state index in [9.17, 15) is 14.9 Å². The molecule has 0 amide bonds. The molecule has 0 bridgehead atoms. The van der Waals surface area contributed by atoms with E-state index in [0.29, 0.717) is 22.5 Å². The Bertz CT molecular complexity index is 1990. The molecule has 11 heteroatoms. The Balaban J connectivity index is 1.47. The average Bonchev–Trinajstić information content (AvgIpc) is 3.38. The summed E-state index contributed by atoms with van der Waals surface area (Å²) in [7, 11) is 0. The number of nitrogens with one attached hydrogen (secondary N) is 1. The van der Waals surface area contributed by atoms with Crippen LogP contribution in [-0.4, -0.2) is 29.7 Å². The van der Waals surface area contributed by atoms with Gasteiger partial charge in [-0.3, -0.25) is 14.6 Å². The molecule has 0 saturated heterocycles. The third-order valence-corrected chi connectivity index (χ3v) is 6.22. The van der Waals surface area contributed by atoms with Crippen LogP contribution in [0.4, 0.5) is 15.9 Å². The number of anilines is 2. The maximum absolute atomic E-state index is 14.5. The summed E-state index contributed by atoms with van der Waals surface area (Å²) in [5.41, 5.74) is 2.71. The largest absolute Gasteiger partial charge is 0.450 e. The molecule has 196 valence electrons. The highest BCUT2D eigenvalue weighted by Crippen LogP contribution is 2.34. The van der Waals surface area contributed by atoms with Crippen molar-refractivity contribution in [3.8, 4) is 35.2 Å². The Morgan fingerprint density at radius 2 is 1.61 bits per heavy atom. The maximum Gasteiger partial charge on any atom is 0.188 e. The summed E-state index contributed by atoms with van der Waals surface area (Å²) >= 11 is 0. The Labute approximate surface area is 233 Å². The quantitative estimate of drug-likeness (QED) is 0.269. The number of ether oxygens (including phenoxy) is 1. The van der Waals surface area contributed by atoms with Crippen LogP contribution in [0.15, 0.2) is 91.6 Å². The van der Waals surface area contributed by atoms with E-state index in [2.05, 4.69) is 26.3 Å². The van der Waals surface area contributed by atoms with Gasteiger partial charge in [-0.15, -0.1) is 0 Å². The lowest BCUT2D eigenvalue weighted by Gasteiger charge is -2.14. The summed E-state index contributed by atoms with van der Waals surface area (Å²) in [6, 6.07) is 21.4. The van der Waals surface area contributed by atoms with E-state index in [1.807, 2.05) is 30.3 Å². The number of rotatable bonds is 7. The van der Waals surface area contributed by atoms with Gasteiger partial charge in [-0.25, -0.2) is 14.4 Å². The molecule has 0 saturated carbocycles. The lowest BCUT2D eigenvalue weighted by atomic mass is 10.2. The molecule has 4 heterocycles. The molecule has 2 aromatic carbocycles. The normalized spacial score (nSPS) is 10.6. The van der Waals surface area contributed by atoms with E-state index in [0.717, 1.165) is 10.9 Å². The summed E-state index contributed by atoms with van der Waals surface area (Å²) in [5, 5.41) is 27.8. The second kappa shape index (κ2) is 10.9. The number of para-hydroxylation sites is 1. The van der Waals surface area contributed by atoms with Crippen LogP contribution in [0.25, 0.3) is 22.4 Å². The van der Waals surface area contributed by atoms with Crippen molar-refractivity contribution in [1.29, 1.82) is 10.5 Å². The minimum Gasteiger partial charge on any atom is -0.450 e. The lowest BCUT2D eigenvalue weighted by Crippen LogP contribution is -2.05. The number of hydrogen-bond acceptors (Lipinski definition) is 9. The minimum atomic E-state index is -0.323. The Hall–Kier alpha value is -6.20. The molecule has 0 aliphatic carbocycles. The van der Waals surface area contributed by atoms with Crippen LogP contribution >= 0.6 is 0 Å². The van der Waals surface area contributed by atoms with Crippen LogP contribution in [0.3, 0.4) is 0 Å². The monoisotopic (exact) mass is 539 g/mol. The van der Waals surface area contributed by atoms with Crippen molar-refractivity contribution in [2.75, 3.05) is 5.32 Å². The second-order valence-corrected chi connectivity index (χ2v) is 8.77. The fraction of sp³-hybridized carbons (Fsp3) is 0.0333. The molecule has 0 spiro atoms. The molecule has 0 unspecified atom stereocenters. The molecule has 41 heavy (non-hydrogen) atoms. The highest BCUT2D eigenvalue weighted by molar-refractivity contribution is 5.92. The number of benzene rings is 2. The average molecular weight is 540 g/mol. The van der Waals surface area contributed by atoms with Crippen molar-refractivity contribution in [3.05, 3.63) is 114 Å². The van der Waals surface area contributed by atoms with Gasteiger partial charge in [0.2, 0.25) is 0 Å². The Morgan fingerprint density at radius 1 is 0.854 bits per heavy atom. The van der Waals surface area contributed by atoms with Crippen molar-refractivity contribution in [1.82, 2.24) is 29.7 Å². The van der Waals surface area contributed by atoms with Gasteiger partial charge in [-0.05, 0) is 18.2 Å². The van der Waals surface area contributed by atoms with Crippen LogP contribution in [0.5, 0.6) is 11.5 Å². The number of pyridine rings is 2. The minimum absolute atomic E-state index is 0.201. The summed E-state index contributed by atoms with van der Waals surface area (Å²) in [5.74, 6) is 0.637. The first-order chi connectivity index (χ1) is 20.1. The van der Waals surface area contributed by atoms with Crippen molar-refractivity contribution in [2.24, 2.45) is 0 Å². The fourth-order valence-corrected chi connectivity index (χ4v) is 4.24. The van der Waals surface area contributed by atoms with Gasteiger partial charge >= 0.3 is 0 Å². The van der Waals surface area contributed by atoms with Crippen molar-refractivity contribution in [2.45, 2.75) is 6.54 Å². The van der Waals surface area contributed by atoms with Gasteiger partial charge in [-0.1, -0.05) is 36.4 Å². The molecule has 6 aromatic rings. The van der Waals surface area contributed by atoms with Crippen molar-refractivity contribution in [3.63, 3.8) is 0 Å². The lowest BCUT2D eigenvalue weighted by molar-refractivity contribution is 0.478. The maximum atomic E-state index is 14.5. The van der Waals surface area contributed by atoms with E-state index >= 15 is 0 Å². The smallest absolute Gasteiger partial charge is 0.188 e. The number of aromatic nitrogens is 6. The first-order valence-corrected chi connectivity index (χ1v) is 12.3. The molecule has 6 rings (SSSR count). The van der Waals surface area contributed by atoms with Gasteiger partial charge in [0, 0.05) is 41.8 Å². The molecule has 10 nitrogen and oxygen atoms in total. The molecule has 0 radical (unpaired) electrons. The third-order valence-electron chi connectivity index (χ3n) is 6.22. The first kappa shape index (κ1) is 25.1. The second-order valence-electron chi connectivity index (χ2n) is 8.77. The topological polar surface area (TPSA) is 138 Å². The molecule has 1 N–H and O–H groups in total. The van der Waals surface area contributed by atoms with E-state index in [-0.39, 0.29) is 41.1 Å². The standard InChI is InChI=1S/C30H18FN9O/c31-23-7-3-1-5-19(23)18-40-25-8-4-2-6-22(25)28(39-40)30-36-17-27(41-26-10-12-35-16-21(26)14-33)29(38-30)37-24-9-11-34-15-20(24)13-32/h1-12,15-17H,18H2,(H,34,36,37,38). The zero-order chi connectivity index (χ0) is 28.2. The first-order valence-electron chi connectivity index (χ1n) is 12.3. The summed E-state index contributed by atoms with van der Waals surface area (Å²) in [6.45, 7) is 0.209. The summed E-state index contributed by atoms with van der Waals surface area (Å²) in [4.78, 5) is 17.2. The molecule has 0 aliphatic heterocycles. The number of fused-ring (bicyclic) bond motifs is 1. The molecule has 4 aromatic heterocycles. The van der Waals surface area contributed by atoms with Gasteiger partial charge in [0.1, 0.15) is 35.0 Å². The number of nitrogens with zero attached hydrogens (tertiary/aromatic N) is 8. The predicted octanol–water partition coefficient (Wildman–Crippen LogP) is 5.75. The van der Waals surface area contributed by atoms with Crippen LogP contribution in [0.1, 0.15) is 16.7 Å². The molecular formula is C30H18FN9O. The Kier molecular flexibility index (Phi) is 6.66. The summed E-state index contributed by atoms with van der Waals surface area (Å²) in [6.07, 6.45) is 7.33. The van der Waals surface area contributed by atoms with E-state index < -0.39 is 0 Å². The number of nitriles is 2. The highest BCUT2D eigenvalue weighted by Gasteiger charge is 2.19. The highest BCUT2D eigenvalue weighted by atomic mass is 19.1. The zero-order valence-electron chi connectivity index (χ0n) is 21.2. The van der Waals surface area contributed by atoms with Gasteiger partial charge in [0.25, 0.3) is 0 Å². The van der Waals surface area contributed by atoms with Gasteiger partial charge in [0.05, 0.1) is 29.5 Å². The van der Waals surface area contributed by atoms with Crippen LogP contribution in [0.2, 0.25) is 0 Å². The number of halogens is 1. The van der Waals surface area contributed by atoms with E-state index in [1.165, 1.54) is 30.9 Å². The SMILES string of the molecule is N#Cc1cnccc1Nc1nc(-c2nn(Cc3ccccc3F)c3ccccc23)ncc1Oc1ccncc1C#N. The fourth-order valence-electron chi connectivity index (χ4n) is 4.24.